The fourth-order valence-electron chi connectivity index (χ4n) is 3.73. The molecule has 29 heavy (non-hydrogen) atoms. The number of carbonyl (C=O) groups excluding carboxylic acids is 1. The Morgan fingerprint density at radius 2 is 2.21 bits per heavy atom. The first-order chi connectivity index (χ1) is 14.1. The van der Waals surface area contributed by atoms with E-state index >= 15 is 0 Å². The fraction of sp³-hybridized carbons (Fsp3) is 0.318. The highest BCUT2D eigenvalue weighted by atomic mass is 16.5. The number of ether oxygens (including phenoxy) is 1. The Bertz CT molecular complexity index is 1220. The van der Waals surface area contributed by atoms with E-state index in [1.807, 2.05) is 25.2 Å². The first-order valence-corrected chi connectivity index (χ1v) is 9.85. The summed E-state index contributed by atoms with van der Waals surface area (Å²) in [5, 5.41) is 4.05. The van der Waals surface area contributed by atoms with Crippen molar-refractivity contribution in [2.75, 3.05) is 7.11 Å². The van der Waals surface area contributed by atoms with Gasteiger partial charge in [0.05, 0.1) is 31.2 Å². The van der Waals surface area contributed by atoms with Gasteiger partial charge in [0.25, 0.3) is 0 Å². The molecule has 3 aromatic heterocycles. The van der Waals surface area contributed by atoms with Crippen LogP contribution in [0.25, 0.3) is 33.3 Å². The maximum atomic E-state index is 11.9. The molecule has 0 unspecified atom stereocenters. The van der Waals surface area contributed by atoms with Crippen LogP contribution in [-0.2, 0) is 18.4 Å². The molecule has 7 nitrogen and oxygen atoms in total. The summed E-state index contributed by atoms with van der Waals surface area (Å²) >= 11 is 0. The van der Waals surface area contributed by atoms with Crippen molar-refractivity contribution in [1.29, 1.82) is 0 Å². The molecule has 0 saturated heterocycles. The minimum atomic E-state index is 0.0915. The van der Waals surface area contributed by atoms with Gasteiger partial charge in [0, 0.05) is 36.1 Å². The smallest absolute Gasteiger partial charge is 0.220 e. The Labute approximate surface area is 168 Å². The summed E-state index contributed by atoms with van der Waals surface area (Å²) in [6.45, 7) is 0.403. The third-order valence-corrected chi connectivity index (χ3v) is 5.51. The second-order valence-corrected chi connectivity index (χ2v) is 7.74. The number of hydrogen-bond acceptors (Lipinski definition) is 4. The summed E-state index contributed by atoms with van der Waals surface area (Å²) < 4.78 is 7.49. The van der Waals surface area contributed by atoms with Crippen molar-refractivity contribution >= 4 is 28.0 Å². The molecule has 148 valence electrons. The number of nitrogens with zero attached hydrogens (tertiary/aromatic N) is 3. The topological polar surface area (TPSA) is 84.8 Å². The third-order valence-electron chi connectivity index (χ3n) is 5.51. The van der Waals surface area contributed by atoms with Gasteiger partial charge < -0.3 is 19.6 Å². The maximum absolute atomic E-state index is 11.9. The predicted molar refractivity (Wildman–Crippen MR) is 112 cm³/mol. The molecule has 2 N–H and O–H groups in total. The van der Waals surface area contributed by atoms with Crippen molar-refractivity contribution in [1.82, 2.24) is 24.8 Å². The number of benzene rings is 1. The van der Waals surface area contributed by atoms with E-state index in [9.17, 15) is 4.79 Å². The molecule has 1 aliphatic carbocycles. The standard InChI is InChI=1S/C22H23N5O2/c1-27-12-17(16-8-15(29-2)5-6-20(16)27)18-9-19-22(26-18)24-11-14(25-19)10-23-21(28)7-13-3-4-13/h5-6,8-9,11-13H,3-4,7,10H2,1-2H3,(H,23,28)(H,24,26). The first kappa shape index (κ1) is 17.7. The summed E-state index contributed by atoms with van der Waals surface area (Å²) in [7, 11) is 3.70. The van der Waals surface area contributed by atoms with Crippen LogP contribution in [0.4, 0.5) is 0 Å². The lowest BCUT2D eigenvalue weighted by Gasteiger charge is -2.03. The summed E-state index contributed by atoms with van der Waals surface area (Å²) in [5.74, 6) is 1.49. The van der Waals surface area contributed by atoms with Crippen molar-refractivity contribution in [2.24, 2.45) is 13.0 Å². The van der Waals surface area contributed by atoms with E-state index in [0.717, 1.165) is 44.8 Å². The Morgan fingerprint density at radius 3 is 3.00 bits per heavy atom. The van der Waals surface area contributed by atoms with Gasteiger partial charge in [0.15, 0.2) is 5.65 Å². The Hall–Kier alpha value is -3.35. The number of aromatic nitrogens is 4. The second kappa shape index (κ2) is 6.92. The SMILES string of the molecule is COc1ccc2c(c1)c(-c1cc3nc(CNC(=O)CC4CC4)cnc3[nH]1)cn2C. The van der Waals surface area contributed by atoms with Crippen LogP contribution in [0.15, 0.2) is 36.7 Å². The molecule has 0 bridgehead atoms. The molecule has 1 fully saturated rings. The molecule has 7 heteroatoms. The summed E-state index contributed by atoms with van der Waals surface area (Å²) in [6, 6.07) is 8.06. The van der Waals surface area contributed by atoms with Gasteiger partial charge in [-0.25, -0.2) is 9.97 Å². The molecular weight excluding hydrogens is 366 g/mol. The average Bonchev–Trinajstić information content (AvgIpc) is 3.34. The number of H-pyrrole nitrogens is 1. The fourth-order valence-corrected chi connectivity index (χ4v) is 3.73. The number of aromatic amines is 1. The normalized spacial score (nSPS) is 13.9. The lowest BCUT2D eigenvalue weighted by molar-refractivity contribution is -0.121. The zero-order valence-corrected chi connectivity index (χ0v) is 16.5. The monoisotopic (exact) mass is 389 g/mol. The molecule has 4 aromatic rings. The maximum Gasteiger partial charge on any atom is 0.220 e. The highest BCUT2D eigenvalue weighted by Gasteiger charge is 2.24. The lowest BCUT2D eigenvalue weighted by Crippen LogP contribution is -2.23. The van der Waals surface area contributed by atoms with Gasteiger partial charge in [-0.3, -0.25) is 4.79 Å². The van der Waals surface area contributed by atoms with Crippen molar-refractivity contribution in [3.05, 3.63) is 42.4 Å². The molecule has 3 heterocycles. The number of rotatable bonds is 6. The Balaban J connectivity index is 1.44. The lowest BCUT2D eigenvalue weighted by atomic mass is 10.1. The van der Waals surface area contributed by atoms with Gasteiger partial charge in [-0.15, -0.1) is 0 Å². The van der Waals surface area contributed by atoms with E-state index in [-0.39, 0.29) is 5.91 Å². The largest absolute Gasteiger partial charge is 0.497 e. The summed E-state index contributed by atoms with van der Waals surface area (Å²) in [5.41, 5.74) is 5.42. The Kier molecular flexibility index (Phi) is 4.23. The zero-order chi connectivity index (χ0) is 20.0. The molecule has 1 saturated carbocycles. The molecule has 0 spiro atoms. The highest BCUT2D eigenvalue weighted by molar-refractivity contribution is 5.98. The van der Waals surface area contributed by atoms with E-state index in [1.54, 1.807) is 13.3 Å². The van der Waals surface area contributed by atoms with Crippen LogP contribution in [0, 0.1) is 5.92 Å². The third kappa shape index (κ3) is 3.44. The van der Waals surface area contributed by atoms with E-state index < -0.39 is 0 Å². The van der Waals surface area contributed by atoms with Crippen LogP contribution in [0.2, 0.25) is 0 Å². The molecule has 1 aliphatic rings. The zero-order valence-electron chi connectivity index (χ0n) is 16.5. The number of amides is 1. The second-order valence-electron chi connectivity index (χ2n) is 7.74. The first-order valence-electron chi connectivity index (χ1n) is 9.85. The van der Waals surface area contributed by atoms with Gasteiger partial charge >= 0.3 is 0 Å². The number of aryl methyl sites for hydroxylation is 1. The van der Waals surface area contributed by atoms with Crippen molar-refractivity contribution in [3.63, 3.8) is 0 Å². The van der Waals surface area contributed by atoms with E-state index in [0.29, 0.717) is 18.9 Å². The van der Waals surface area contributed by atoms with Crippen LogP contribution in [0.3, 0.4) is 0 Å². The van der Waals surface area contributed by atoms with Gasteiger partial charge in [0.1, 0.15) is 11.3 Å². The molecule has 0 aliphatic heterocycles. The highest BCUT2D eigenvalue weighted by Crippen LogP contribution is 2.33. The van der Waals surface area contributed by atoms with Gasteiger partial charge in [-0.2, -0.15) is 0 Å². The van der Waals surface area contributed by atoms with E-state index in [2.05, 4.69) is 37.1 Å². The van der Waals surface area contributed by atoms with Crippen molar-refractivity contribution in [2.45, 2.75) is 25.8 Å². The minimum absolute atomic E-state index is 0.0915. The van der Waals surface area contributed by atoms with Crippen molar-refractivity contribution in [3.8, 4) is 17.0 Å². The number of hydrogen-bond donors (Lipinski definition) is 2. The quantitative estimate of drug-likeness (QED) is 0.528. The molecule has 1 amide bonds. The van der Waals surface area contributed by atoms with E-state index in [1.165, 1.54) is 12.8 Å². The van der Waals surface area contributed by atoms with Gasteiger partial charge in [-0.1, -0.05) is 0 Å². The summed E-state index contributed by atoms with van der Waals surface area (Å²) in [4.78, 5) is 24.5. The van der Waals surface area contributed by atoms with Crippen LogP contribution < -0.4 is 10.1 Å². The molecular formula is C22H23N5O2. The van der Waals surface area contributed by atoms with Gasteiger partial charge in [0.2, 0.25) is 5.91 Å². The number of methoxy groups -OCH3 is 1. The van der Waals surface area contributed by atoms with Crippen LogP contribution >= 0.6 is 0 Å². The van der Waals surface area contributed by atoms with Gasteiger partial charge in [-0.05, 0) is 43.0 Å². The molecule has 5 rings (SSSR count). The average molecular weight is 389 g/mol. The minimum Gasteiger partial charge on any atom is -0.497 e. The van der Waals surface area contributed by atoms with Crippen LogP contribution in [0.5, 0.6) is 5.75 Å². The van der Waals surface area contributed by atoms with E-state index in [4.69, 9.17) is 4.74 Å². The van der Waals surface area contributed by atoms with Crippen LogP contribution in [0.1, 0.15) is 25.0 Å². The Morgan fingerprint density at radius 1 is 1.34 bits per heavy atom. The molecule has 0 radical (unpaired) electrons. The van der Waals surface area contributed by atoms with Crippen LogP contribution in [-0.4, -0.2) is 32.5 Å². The number of nitrogens with one attached hydrogen (secondary N) is 2. The summed E-state index contributed by atoms with van der Waals surface area (Å²) in [6.07, 6.45) is 6.77. The molecule has 1 aromatic carbocycles. The predicted octanol–water partition coefficient (Wildman–Crippen LogP) is 3.54. The molecule has 0 atom stereocenters. The number of fused-ring (bicyclic) bond motifs is 2. The van der Waals surface area contributed by atoms with Crippen molar-refractivity contribution < 1.29 is 9.53 Å². The number of carbonyl (C=O) groups is 1.